The maximum absolute atomic E-state index is 12.9. The zero-order valence-corrected chi connectivity index (χ0v) is 9.56. The van der Waals surface area contributed by atoms with Gasteiger partial charge < -0.3 is 10.2 Å². The molecule has 2 aliphatic heterocycles. The van der Waals surface area contributed by atoms with Crippen molar-refractivity contribution in [1.82, 2.24) is 10.2 Å². The SMILES string of the molecule is Cl.O=C(C1CCNCC1)N1CCC(F)C1. The van der Waals surface area contributed by atoms with Crippen molar-refractivity contribution in [3.05, 3.63) is 0 Å². The van der Waals surface area contributed by atoms with Gasteiger partial charge in [-0.25, -0.2) is 4.39 Å². The molecule has 5 heteroatoms. The number of carbonyl (C=O) groups is 1. The minimum absolute atomic E-state index is 0. The Morgan fingerprint density at radius 1 is 1.27 bits per heavy atom. The molecule has 0 aromatic rings. The van der Waals surface area contributed by atoms with Gasteiger partial charge in [-0.05, 0) is 32.4 Å². The van der Waals surface area contributed by atoms with Gasteiger partial charge in [0.2, 0.25) is 5.91 Å². The van der Waals surface area contributed by atoms with Crippen LogP contribution in [0.5, 0.6) is 0 Å². The van der Waals surface area contributed by atoms with Gasteiger partial charge in [0.15, 0.2) is 0 Å². The normalized spacial score (nSPS) is 27.5. The van der Waals surface area contributed by atoms with E-state index in [0.29, 0.717) is 19.5 Å². The maximum Gasteiger partial charge on any atom is 0.225 e. The minimum atomic E-state index is -0.791. The van der Waals surface area contributed by atoms with Crippen LogP contribution < -0.4 is 5.32 Å². The van der Waals surface area contributed by atoms with Gasteiger partial charge in [0.1, 0.15) is 6.17 Å². The van der Waals surface area contributed by atoms with Crippen molar-refractivity contribution in [3.63, 3.8) is 0 Å². The standard InChI is InChI=1S/C10H17FN2O.ClH/c11-9-3-6-13(7-9)10(14)8-1-4-12-5-2-8;/h8-9,12H,1-7H2;1H. The van der Waals surface area contributed by atoms with Crippen molar-refractivity contribution >= 4 is 18.3 Å². The van der Waals surface area contributed by atoms with Gasteiger partial charge >= 0.3 is 0 Å². The lowest BCUT2D eigenvalue weighted by atomic mass is 9.97. The molecule has 3 nitrogen and oxygen atoms in total. The summed E-state index contributed by atoms with van der Waals surface area (Å²) >= 11 is 0. The molecule has 0 bridgehead atoms. The number of carbonyl (C=O) groups excluding carboxylic acids is 1. The highest BCUT2D eigenvalue weighted by molar-refractivity contribution is 5.85. The van der Waals surface area contributed by atoms with Gasteiger partial charge in [0.05, 0.1) is 6.54 Å². The second kappa shape index (κ2) is 5.66. The number of hydrogen-bond acceptors (Lipinski definition) is 2. The predicted octanol–water partition coefficient (Wildman–Crippen LogP) is 0.978. The lowest BCUT2D eigenvalue weighted by Crippen LogP contribution is -2.40. The van der Waals surface area contributed by atoms with Crippen LogP contribution in [0.4, 0.5) is 4.39 Å². The molecule has 2 heterocycles. The fourth-order valence-electron chi connectivity index (χ4n) is 2.24. The number of halogens is 2. The molecule has 0 radical (unpaired) electrons. The smallest absolute Gasteiger partial charge is 0.225 e. The van der Waals surface area contributed by atoms with Crippen LogP contribution in [0.15, 0.2) is 0 Å². The van der Waals surface area contributed by atoms with Crippen molar-refractivity contribution < 1.29 is 9.18 Å². The van der Waals surface area contributed by atoms with Crippen LogP contribution in [0, 0.1) is 5.92 Å². The first-order valence-corrected chi connectivity index (χ1v) is 5.41. The van der Waals surface area contributed by atoms with Gasteiger partial charge in [-0.1, -0.05) is 0 Å². The number of alkyl halides is 1. The third-order valence-electron chi connectivity index (χ3n) is 3.13. The molecule has 2 aliphatic rings. The van der Waals surface area contributed by atoms with Crippen LogP contribution in [0.1, 0.15) is 19.3 Å². The van der Waals surface area contributed by atoms with Crippen LogP contribution in [0.2, 0.25) is 0 Å². The molecule has 0 aliphatic carbocycles. The molecule has 2 rings (SSSR count). The third kappa shape index (κ3) is 3.05. The van der Waals surface area contributed by atoms with E-state index in [0.717, 1.165) is 25.9 Å². The van der Waals surface area contributed by atoms with Crippen LogP contribution in [-0.4, -0.2) is 43.2 Å². The highest BCUT2D eigenvalue weighted by Gasteiger charge is 2.31. The van der Waals surface area contributed by atoms with Gasteiger partial charge in [-0.2, -0.15) is 0 Å². The fraction of sp³-hybridized carbons (Fsp3) is 0.900. The maximum atomic E-state index is 12.9. The number of likely N-dealkylation sites (tertiary alicyclic amines) is 1. The van der Waals surface area contributed by atoms with Crippen LogP contribution in [0.25, 0.3) is 0 Å². The average molecular weight is 237 g/mol. The Labute approximate surface area is 95.8 Å². The van der Waals surface area contributed by atoms with E-state index >= 15 is 0 Å². The van der Waals surface area contributed by atoms with E-state index in [-0.39, 0.29) is 24.2 Å². The molecule has 1 unspecified atom stereocenters. The molecule has 2 saturated heterocycles. The van der Waals surface area contributed by atoms with Crippen LogP contribution in [0.3, 0.4) is 0 Å². The summed E-state index contributed by atoms with van der Waals surface area (Å²) in [4.78, 5) is 13.6. The average Bonchev–Trinajstić information content (AvgIpc) is 2.65. The second-order valence-electron chi connectivity index (χ2n) is 4.19. The summed E-state index contributed by atoms with van der Waals surface area (Å²) in [6, 6.07) is 0. The van der Waals surface area contributed by atoms with Crippen molar-refractivity contribution in [2.75, 3.05) is 26.2 Å². The highest BCUT2D eigenvalue weighted by Crippen LogP contribution is 2.20. The van der Waals surface area contributed by atoms with E-state index in [4.69, 9.17) is 0 Å². The molecule has 88 valence electrons. The molecule has 1 amide bonds. The number of hydrogen-bond donors (Lipinski definition) is 1. The van der Waals surface area contributed by atoms with Crippen molar-refractivity contribution in [2.45, 2.75) is 25.4 Å². The van der Waals surface area contributed by atoms with E-state index in [1.54, 1.807) is 4.90 Å². The van der Waals surface area contributed by atoms with Crippen molar-refractivity contribution in [1.29, 1.82) is 0 Å². The largest absolute Gasteiger partial charge is 0.339 e. The van der Waals surface area contributed by atoms with E-state index < -0.39 is 6.17 Å². The Bertz CT molecular complexity index is 215. The summed E-state index contributed by atoms with van der Waals surface area (Å²) in [5.74, 6) is 0.313. The lowest BCUT2D eigenvalue weighted by Gasteiger charge is -2.26. The second-order valence-corrected chi connectivity index (χ2v) is 4.19. The number of nitrogens with zero attached hydrogens (tertiary/aromatic N) is 1. The van der Waals surface area contributed by atoms with Crippen LogP contribution >= 0.6 is 12.4 Å². The molecule has 0 aromatic carbocycles. The topological polar surface area (TPSA) is 32.3 Å². The summed E-state index contributed by atoms with van der Waals surface area (Å²) in [5.41, 5.74) is 0. The first kappa shape index (κ1) is 12.7. The third-order valence-corrected chi connectivity index (χ3v) is 3.13. The molecule has 15 heavy (non-hydrogen) atoms. The quantitative estimate of drug-likeness (QED) is 0.736. The summed E-state index contributed by atoms with van der Waals surface area (Å²) in [6.45, 7) is 2.78. The first-order chi connectivity index (χ1) is 6.77. The summed E-state index contributed by atoms with van der Waals surface area (Å²) in [5, 5.41) is 3.22. The lowest BCUT2D eigenvalue weighted by molar-refractivity contribution is -0.135. The Morgan fingerprint density at radius 2 is 1.93 bits per heavy atom. The minimum Gasteiger partial charge on any atom is -0.339 e. The molecular weight excluding hydrogens is 219 g/mol. The fourth-order valence-corrected chi connectivity index (χ4v) is 2.24. The van der Waals surface area contributed by atoms with E-state index in [9.17, 15) is 9.18 Å². The molecule has 2 fully saturated rings. The Balaban J connectivity index is 0.00000112. The van der Waals surface area contributed by atoms with Gasteiger partial charge in [0.25, 0.3) is 0 Å². The van der Waals surface area contributed by atoms with Crippen molar-refractivity contribution in [3.8, 4) is 0 Å². The molecule has 1 N–H and O–H groups in total. The zero-order chi connectivity index (χ0) is 9.97. The predicted molar refractivity (Wildman–Crippen MR) is 58.9 cm³/mol. The van der Waals surface area contributed by atoms with Gasteiger partial charge in [-0.3, -0.25) is 4.79 Å². The Kier molecular flexibility index (Phi) is 4.80. The number of amides is 1. The molecule has 0 saturated carbocycles. The van der Waals surface area contributed by atoms with Crippen molar-refractivity contribution in [2.24, 2.45) is 5.92 Å². The van der Waals surface area contributed by atoms with E-state index in [1.807, 2.05) is 0 Å². The molecule has 1 atom stereocenters. The Morgan fingerprint density at radius 3 is 2.47 bits per heavy atom. The number of nitrogens with one attached hydrogen (secondary N) is 1. The van der Waals surface area contributed by atoms with Gasteiger partial charge in [-0.15, -0.1) is 12.4 Å². The molecule has 0 aromatic heterocycles. The number of rotatable bonds is 1. The summed E-state index contributed by atoms with van der Waals surface area (Å²) in [6.07, 6.45) is 1.55. The van der Waals surface area contributed by atoms with Gasteiger partial charge in [0, 0.05) is 12.5 Å². The van der Waals surface area contributed by atoms with E-state index in [1.165, 1.54) is 0 Å². The number of piperidine rings is 1. The zero-order valence-electron chi connectivity index (χ0n) is 8.75. The highest BCUT2D eigenvalue weighted by atomic mass is 35.5. The van der Waals surface area contributed by atoms with E-state index in [2.05, 4.69) is 5.32 Å². The monoisotopic (exact) mass is 236 g/mol. The Hall–Kier alpha value is -0.350. The molecule has 0 spiro atoms. The van der Waals surface area contributed by atoms with Crippen LogP contribution in [-0.2, 0) is 4.79 Å². The summed E-state index contributed by atoms with van der Waals surface area (Å²) in [7, 11) is 0. The first-order valence-electron chi connectivity index (χ1n) is 5.41. The molecular formula is C10H18ClFN2O. The summed E-state index contributed by atoms with van der Waals surface area (Å²) < 4.78 is 12.9.